The summed E-state index contributed by atoms with van der Waals surface area (Å²) in [5, 5.41) is 0. The molecule has 0 aliphatic carbocycles. The summed E-state index contributed by atoms with van der Waals surface area (Å²) in [7, 11) is -3.53. The average Bonchev–Trinajstić information content (AvgIpc) is 2.85. The van der Waals surface area contributed by atoms with Gasteiger partial charge in [-0.25, -0.2) is 13.1 Å². The topological polar surface area (TPSA) is 64.6 Å². The number of nitrogens with one attached hydrogen (secondary N) is 1. The lowest BCUT2D eigenvalue weighted by Crippen LogP contribution is -2.23. The average molecular weight is 347 g/mol. The minimum absolute atomic E-state index is 0.203. The second-order valence-corrected chi connectivity index (χ2v) is 7.42. The van der Waals surface area contributed by atoms with Crippen molar-refractivity contribution in [1.29, 1.82) is 0 Å². The van der Waals surface area contributed by atoms with Crippen molar-refractivity contribution >= 4 is 10.0 Å². The van der Waals surface area contributed by atoms with E-state index in [0.29, 0.717) is 24.7 Å². The van der Waals surface area contributed by atoms with Gasteiger partial charge >= 0.3 is 0 Å². The fraction of sp³-hybridized carbons (Fsp3) is 0.333. The molecule has 0 spiro atoms. The Labute approximate surface area is 142 Å². The van der Waals surface area contributed by atoms with Crippen LogP contribution >= 0.6 is 0 Å². The maximum atomic E-state index is 12.4. The summed E-state index contributed by atoms with van der Waals surface area (Å²) in [4.78, 5) is 0.272. The third kappa shape index (κ3) is 3.88. The van der Waals surface area contributed by atoms with Gasteiger partial charge in [0.2, 0.25) is 10.0 Å². The number of hydrogen-bond acceptors (Lipinski definition) is 4. The zero-order valence-electron chi connectivity index (χ0n) is 13.6. The van der Waals surface area contributed by atoms with Gasteiger partial charge in [0.05, 0.1) is 18.1 Å². The van der Waals surface area contributed by atoms with E-state index >= 15 is 0 Å². The zero-order valence-corrected chi connectivity index (χ0v) is 14.4. The van der Waals surface area contributed by atoms with Gasteiger partial charge in [-0.1, -0.05) is 25.1 Å². The van der Waals surface area contributed by atoms with E-state index in [1.807, 2.05) is 37.3 Å². The summed E-state index contributed by atoms with van der Waals surface area (Å²) in [5.74, 6) is 1.37. The molecule has 2 aromatic carbocycles. The number of hydrogen-bond donors (Lipinski definition) is 1. The molecule has 0 radical (unpaired) electrons. The molecule has 0 bridgehead atoms. The molecule has 0 unspecified atom stereocenters. The van der Waals surface area contributed by atoms with E-state index < -0.39 is 10.0 Å². The van der Waals surface area contributed by atoms with Gasteiger partial charge in [-0.05, 0) is 41.8 Å². The van der Waals surface area contributed by atoms with E-state index in [2.05, 4.69) is 4.72 Å². The first kappa shape index (κ1) is 16.8. The molecular weight excluding hydrogens is 326 g/mol. The van der Waals surface area contributed by atoms with Crippen LogP contribution in [0.2, 0.25) is 0 Å². The highest BCUT2D eigenvalue weighted by Crippen LogP contribution is 2.30. The van der Waals surface area contributed by atoms with Crippen molar-refractivity contribution in [3.63, 3.8) is 0 Å². The smallest absolute Gasteiger partial charge is 0.240 e. The molecule has 0 amide bonds. The normalized spacial score (nSPS) is 14.2. The van der Waals surface area contributed by atoms with E-state index in [0.717, 1.165) is 24.0 Å². The molecule has 0 saturated heterocycles. The van der Waals surface area contributed by atoms with Crippen LogP contribution in [-0.2, 0) is 23.0 Å². The van der Waals surface area contributed by atoms with Crippen LogP contribution in [0.3, 0.4) is 0 Å². The monoisotopic (exact) mass is 347 g/mol. The van der Waals surface area contributed by atoms with Gasteiger partial charge in [0.1, 0.15) is 0 Å². The van der Waals surface area contributed by atoms with Gasteiger partial charge < -0.3 is 9.47 Å². The largest absolute Gasteiger partial charge is 0.490 e. The van der Waals surface area contributed by atoms with Crippen molar-refractivity contribution < 1.29 is 17.9 Å². The van der Waals surface area contributed by atoms with Crippen molar-refractivity contribution in [2.75, 3.05) is 13.2 Å². The molecule has 1 N–H and O–H groups in total. The predicted octanol–water partition coefficient (Wildman–Crippen LogP) is 2.89. The highest BCUT2D eigenvalue weighted by molar-refractivity contribution is 7.89. The molecule has 1 heterocycles. The molecule has 24 heavy (non-hydrogen) atoms. The van der Waals surface area contributed by atoms with Gasteiger partial charge in [-0.2, -0.15) is 0 Å². The fourth-order valence-corrected chi connectivity index (χ4v) is 3.50. The molecule has 0 fully saturated rings. The number of benzene rings is 2. The molecular formula is C18H21NO4S. The third-order valence-electron chi connectivity index (χ3n) is 3.92. The summed E-state index contributed by atoms with van der Waals surface area (Å²) < 4.78 is 38.6. The second-order valence-electron chi connectivity index (χ2n) is 5.65. The Balaban J connectivity index is 1.71. The number of sulfonamides is 1. The molecule has 0 atom stereocenters. The minimum atomic E-state index is -3.53. The number of ether oxygens (including phenoxy) is 2. The van der Waals surface area contributed by atoms with Gasteiger partial charge in [0.25, 0.3) is 0 Å². The van der Waals surface area contributed by atoms with Gasteiger partial charge in [0, 0.05) is 13.0 Å². The maximum absolute atomic E-state index is 12.4. The molecule has 3 rings (SSSR count). The van der Waals surface area contributed by atoms with Crippen molar-refractivity contribution in [2.24, 2.45) is 0 Å². The number of fused-ring (bicyclic) bond motifs is 1. The lowest BCUT2D eigenvalue weighted by Gasteiger charge is -2.11. The van der Waals surface area contributed by atoms with Crippen molar-refractivity contribution in [3.05, 3.63) is 53.6 Å². The van der Waals surface area contributed by atoms with Gasteiger partial charge in [-0.15, -0.1) is 0 Å². The van der Waals surface area contributed by atoms with Crippen LogP contribution in [0.1, 0.15) is 24.5 Å². The van der Waals surface area contributed by atoms with E-state index in [9.17, 15) is 8.42 Å². The van der Waals surface area contributed by atoms with E-state index in [4.69, 9.17) is 9.47 Å². The van der Waals surface area contributed by atoms with Crippen LogP contribution in [-0.4, -0.2) is 21.6 Å². The predicted molar refractivity (Wildman–Crippen MR) is 91.9 cm³/mol. The first-order valence-electron chi connectivity index (χ1n) is 8.05. The number of rotatable bonds is 5. The van der Waals surface area contributed by atoms with Crippen molar-refractivity contribution in [3.8, 4) is 11.5 Å². The minimum Gasteiger partial charge on any atom is -0.490 e. The lowest BCUT2D eigenvalue weighted by atomic mass is 10.2. The Bertz CT molecular complexity index is 800. The van der Waals surface area contributed by atoms with Crippen molar-refractivity contribution in [2.45, 2.75) is 31.2 Å². The third-order valence-corrected chi connectivity index (χ3v) is 5.34. The van der Waals surface area contributed by atoms with Gasteiger partial charge in [-0.3, -0.25) is 0 Å². The fourth-order valence-electron chi connectivity index (χ4n) is 2.48. The van der Waals surface area contributed by atoms with Crippen LogP contribution in [0.15, 0.2) is 47.4 Å². The van der Waals surface area contributed by atoms with Crippen LogP contribution < -0.4 is 14.2 Å². The molecule has 5 nitrogen and oxygen atoms in total. The molecule has 1 aliphatic heterocycles. The van der Waals surface area contributed by atoms with E-state index in [1.165, 1.54) is 0 Å². The molecule has 6 heteroatoms. The molecule has 2 aromatic rings. The molecule has 128 valence electrons. The Hall–Kier alpha value is -2.05. The summed E-state index contributed by atoms with van der Waals surface area (Å²) in [6.45, 7) is 3.47. The quantitative estimate of drug-likeness (QED) is 0.903. The maximum Gasteiger partial charge on any atom is 0.240 e. The Morgan fingerprint density at radius 1 is 0.958 bits per heavy atom. The van der Waals surface area contributed by atoms with E-state index in [-0.39, 0.29) is 11.4 Å². The summed E-state index contributed by atoms with van der Waals surface area (Å²) in [5.41, 5.74) is 1.94. The van der Waals surface area contributed by atoms with Crippen LogP contribution in [0.5, 0.6) is 11.5 Å². The van der Waals surface area contributed by atoms with Crippen LogP contribution in [0.4, 0.5) is 0 Å². The Morgan fingerprint density at radius 2 is 1.62 bits per heavy atom. The standard InChI is InChI=1S/C18H21NO4S/c1-2-14-4-7-16(8-5-14)24(20,21)19-13-15-6-9-17-18(12-15)23-11-3-10-22-17/h4-9,12,19H,2-3,10-11,13H2,1H3. The molecule has 1 aliphatic rings. The summed E-state index contributed by atoms with van der Waals surface area (Å²) in [6.07, 6.45) is 1.72. The van der Waals surface area contributed by atoms with Crippen molar-refractivity contribution in [1.82, 2.24) is 4.72 Å². The Kier molecular flexibility index (Phi) is 5.06. The van der Waals surface area contributed by atoms with Crippen LogP contribution in [0, 0.1) is 0 Å². The highest BCUT2D eigenvalue weighted by Gasteiger charge is 2.15. The zero-order chi connectivity index (χ0) is 17.0. The van der Waals surface area contributed by atoms with Crippen LogP contribution in [0.25, 0.3) is 0 Å². The lowest BCUT2D eigenvalue weighted by molar-refractivity contribution is 0.297. The summed E-state index contributed by atoms with van der Waals surface area (Å²) in [6, 6.07) is 12.4. The molecule has 0 saturated carbocycles. The second kappa shape index (κ2) is 7.23. The Morgan fingerprint density at radius 3 is 2.33 bits per heavy atom. The number of aryl methyl sites for hydroxylation is 1. The van der Waals surface area contributed by atoms with E-state index in [1.54, 1.807) is 12.1 Å². The SMILES string of the molecule is CCc1ccc(S(=O)(=O)NCc2ccc3c(c2)OCCCO3)cc1. The first-order valence-corrected chi connectivity index (χ1v) is 9.54. The first-order chi connectivity index (χ1) is 11.6. The highest BCUT2D eigenvalue weighted by atomic mass is 32.2. The summed E-state index contributed by atoms with van der Waals surface area (Å²) >= 11 is 0. The van der Waals surface area contributed by atoms with Gasteiger partial charge in [0.15, 0.2) is 11.5 Å². The molecule has 0 aromatic heterocycles.